The van der Waals surface area contributed by atoms with Crippen LogP contribution in [0, 0.1) is 28.6 Å². The third-order valence-electron chi connectivity index (χ3n) is 9.81. The van der Waals surface area contributed by atoms with Crippen molar-refractivity contribution in [3.8, 4) is 0 Å². The van der Waals surface area contributed by atoms with Crippen molar-refractivity contribution in [2.75, 3.05) is 6.61 Å². The highest BCUT2D eigenvalue weighted by atomic mass is 19.1. The van der Waals surface area contributed by atoms with E-state index in [1.807, 2.05) is 6.92 Å². The fourth-order valence-corrected chi connectivity index (χ4v) is 8.01. The maximum Gasteiger partial charge on any atom is 0.306 e. The van der Waals surface area contributed by atoms with Crippen LogP contribution in [0.15, 0.2) is 23.8 Å². The maximum absolute atomic E-state index is 17.4. The van der Waals surface area contributed by atoms with Crippen LogP contribution in [0.2, 0.25) is 0 Å². The molecule has 198 valence electrons. The Morgan fingerprint density at radius 3 is 2.44 bits per heavy atom. The number of aliphatic hydroxyl groups excluding tert-OH is 1. The van der Waals surface area contributed by atoms with Crippen molar-refractivity contribution in [1.82, 2.24) is 0 Å². The lowest BCUT2D eigenvalue weighted by atomic mass is 9.44. The van der Waals surface area contributed by atoms with Gasteiger partial charge in [-0.05, 0) is 50.7 Å². The third kappa shape index (κ3) is 3.39. The highest BCUT2D eigenvalue weighted by Crippen LogP contribution is 2.71. The van der Waals surface area contributed by atoms with E-state index in [0.717, 1.165) is 0 Å². The van der Waals surface area contributed by atoms with Gasteiger partial charge in [-0.2, -0.15) is 0 Å². The van der Waals surface area contributed by atoms with Crippen molar-refractivity contribution in [3.05, 3.63) is 23.8 Å². The van der Waals surface area contributed by atoms with Crippen LogP contribution in [0.4, 0.5) is 4.39 Å². The zero-order valence-electron chi connectivity index (χ0n) is 21.8. The SMILES string of the molecule is CCC(=O)OCC(=O)[C@@]1(OC(=O)CC)[C@@H](C)C[C@H]2C3CCC4=CC(=O)C=CC4(C)[C@@]3(F)[C@@H](O)CC21C. The molecule has 0 heterocycles. The molecule has 0 aromatic heterocycles. The number of rotatable bonds is 6. The van der Waals surface area contributed by atoms with E-state index in [1.165, 1.54) is 12.2 Å². The molecule has 4 rings (SSSR count). The molecule has 0 radical (unpaired) electrons. The molecule has 0 bridgehead atoms. The van der Waals surface area contributed by atoms with Crippen molar-refractivity contribution in [3.63, 3.8) is 0 Å². The van der Waals surface area contributed by atoms with Gasteiger partial charge in [-0.1, -0.05) is 39.3 Å². The van der Waals surface area contributed by atoms with E-state index in [2.05, 4.69) is 0 Å². The van der Waals surface area contributed by atoms with Crippen LogP contribution < -0.4 is 0 Å². The van der Waals surface area contributed by atoms with Gasteiger partial charge in [-0.15, -0.1) is 0 Å². The van der Waals surface area contributed by atoms with Gasteiger partial charge in [0, 0.05) is 35.5 Å². The smallest absolute Gasteiger partial charge is 0.306 e. The van der Waals surface area contributed by atoms with E-state index in [4.69, 9.17) is 9.47 Å². The van der Waals surface area contributed by atoms with Crippen molar-refractivity contribution < 1.29 is 38.1 Å². The number of ether oxygens (including phenoxy) is 2. The van der Waals surface area contributed by atoms with E-state index in [1.54, 1.807) is 33.8 Å². The van der Waals surface area contributed by atoms with Gasteiger partial charge >= 0.3 is 11.9 Å². The van der Waals surface area contributed by atoms with Gasteiger partial charge in [0.15, 0.2) is 23.7 Å². The number of carbonyl (C=O) groups is 4. The average Bonchev–Trinajstić information content (AvgIpc) is 3.05. The summed E-state index contributed by atoms with van der Waals surface area (Å²) in [6, 6.07) is 0. The van der Waals surface area contributed by atoms with E-state index in [0.29, 0.717) is 24.8 Å². The number of esters is 2. The summed E-state index contributed by atoms with van der Waals surface area (Å²) in [5.74, 6) is -3.31. The summed E-state index contributed by atoms with van der Waals surface area (Å²) in [6.45, 7) is 8.05. The largest absolute Gasteiger partial charge is 0.457 e. The molecular weight excluding hydrogens is 467 g/mol. The van der Waals surface area contributed by atoms with Crippen LogP contribution in [-0.2, 0) is 28.7 Å². The van der Waals surface area contributed by atoms with Gasteiger partial charge in [-0.25, -0.2) is 4.39 Å². The van der Waals surface area contributed by atoms with Crippen LogP contribution in [-0.4, -0.2) is 52.6 Å². The molecule has 7 nitrogen and oxygen atoms in total. The van der Waals surface area contributed by atoms with E-state index >= 15 is 4.39 Å². The maximum atomic E-state index is 17.4. The van der Waals surface area contributed by atoms with E-state index in [9.17, 15) is 24.3 Å². The number of hydrogen-bond donors (Lipinski definition) is 1. The lowest BCUT2D eigenvalue weighted by Gasteiger charge is -2.62. The number of halogens is 1. The molecule has 0 saturated heterocycles. The third-order valence-corrected chi connectivity index (χ3v) is 9.81. The van der Waals surface area contributed by atoms with Crippen LogP contribution in [0.25, 0.3) is 0 Å². The highest BCUT2D eigenvalue weighted by Gasteiger charge is 2.77. The molecule has 0 aromatic rings. The summed E-state index contributed by atoms with van der Waals surface area (Å²) >= 11 is 0. The Kier molecular flexibility index (Phi) is 6.60. The first kappa shape index (κ1) is 26.7. The summed E-state index contributed by atoms with van der Waals surface area (Å²) in [5.41, 5.74) is -5.26. The summed E-state index contributed by atoms with van der Waals surface area (Å²) < 4.78 is 28.5. The lowest BCUT2D eigenvalue weighted by molar-refractivity contribution is -0.228. The topological polar surface area (TPSA) is 107 Å². The predicted octanol–water partition coefficient (Wildman–Crippen LogP) is 3.82. The van der Waals surface area contributed by atoms with Gasteiger partial charge in [0.2, 0.25) is 5.78 Å². The molecule has 3 unspecified atom stereocenters. The Hall–Kier alpha value is -2.35. The molecule has 4 aliphatic carbocycles. The first-order valence-corrected chi connectivity index (χ1v) is 13.0. The van der Waals surface area contributed by atoms with Gasteiger partial charge < -0.3 is 14.6 Å². The quantitative estimate of drug-likeness (QED) is 0.548. The molecule has 8 atom stereocenters. The van der Waals surface area contributed by atoms with Gasteiger partial charge in [0.05, 0.1) is 6.10 Å². The minimum absolute atomic E-state index is 0.0430. The number of ketones is 2. The standard InChI is InChI=1S/C28H37FO7/c1-6-23(33)35-15-22(32)28(36-24(34)7-2)16(3)12-20-19-9-8-17-13-18(30)10-11-25(17,4)27(19,29)21(31)14-26(20,28)5/h10-11,13,16,19-21,31H,6-9,12,14-15H2,1-5H3/t16-,19?,20-,21-,25?,26?,27-,28-/m0/s1. The first-order chi connectivity index (χ1) is 16.8. The van der Waals surface area contributed by atoms with Crippen molar-refractivity contribution >= 4 is 23.5 Å². The number of Topliss-reactive ketones (excluding diaryl/α,β-unsaturated/α-hetero) is 1. The second kappa shape index (κ2) is 8.89. The van der Waals surface area contributed by atoms with Crippen LogP contribution in [0.1, 0.15) is 73.1 Å². The van der Waals surface area contributed by atoms with Gasteiger partial charge in [-0.3, -0.25) is 19.2 Å². The average molecular weight is 505 g/mol. The molecule has 4 aliphatic rings. The second-order valence-corrected chi connectivity index (χ2v) is 11.4. The molecule has 0 aliphatic heterocycles. The molecular formula is C28H37FO7. The summed E-state index contributed by atoms with van der Waals surface area (Å²) in [4.78, 5) is 50.3. The summed E-state index contributed by atoms with van der Waals surface area (Å²) in [5, 5.41) is 11.5. The van der Waals surface area contributed by atoms with Crippen LogP contribution >= 0.6 is 0 Å². The van der Waals surface area contributed by atoms with Crippen molar-refractivity contribution in [2.45, 2.75) is 90.5 Å². The van der Waals surface area contributed by atoms with Crippen LogP contribution in [0.5, 0.6) is 0 Å². The molecule has 36 heavy (non-hydrogen) atoms. The molecule has 8 heteroatoms. The number of hydrogen-bond acceptors (Lipinski definition) is 7. The fraction of sp³-hybridized carbons (Fsp3) is 0.714. The van der Waals surface area contributed by atoms with Crippen LogP contribution in [0.3, 0.4) is 0 Å². The zero-order chi connectivity index (χ0) is 26.7. The number of allylic oxidation sites excluding steroid dienone is 4. The molecule has 1 N–H and O–H groups in total. The second-order valence-electron chi connectivity index (χ2n) is 11.4. The Morgan fingerprint density at radius 2 is 1.81 bits per heavy atom. The van der Waals surface area contributed by atoms with Gasteiger partial charge in [0.25, 0.3) is 0 Å². The predicted molar refractivity (Wildman–Crippen MR) is 128 cm³/mol. The number of aliphatic hydroxyl groups is 1. The van der Waals surface area contributed by atoms with Gasteiger partial charge in [0.1, 0.15) is 0 Å². The monoisotopic (exact) mass is 504 g/mol. The number of carbonyl (C=O) groups excluding carboxylic acids is 4. The Labute approximate surface area is 211 Å². The lowest BCUT2D eigenvalue weighted by Crippen LogP contribution is -2.70. The number of alkyl halides is 1. The minimum Gasteiger partial charge on any atom is -0.457 e. The van der Waals surface area contributed by atoms with Crippen molar-refractivity contribution in [2.24, 2.45) is 28.6 Å². The zero-order valence-corrected chi connectivity index (χ0v) is 21.8. The molecule has 0 spiro atoms. The van der Waals surface area contributed by atoms with Crippen molar-refractivity contribution in [1.29, 1.82) is 0 Å². The van der Waals surface area contributed by atoms with E-state index in [-0.39, 0.29) is 31.0 Å². The molecule has 3 saturated carbocycles. The summed E-state index contributed by atoms with van der Waals surface area (Å²) in [6.07, 6.45) is 4.32. The van der Waals surface area contributed by atoms with E-state index < -0.39 is 64.4 Å². The summed E-state index contributed by atoms with van der Waals surface area (Å²) in [7, 11) is 0. The first-order valence-electron chi connectivity index (χ1n) is 13.0. The number of fused-ring (bicyclic) bond motifs is 5. The Morgan fingerprint density at radius 1 is 1.14 bits per heavy atom. The Bertz CT molecular complexity index is 1050. The Balaban J connectivity index is 1.80. The molecule has 3 fully saturated rings. The molecule has 0 aromatic carbocycles. The fourth-order valence-electron chi connectivity index (χ4n) is 8.01. The normalized spacial score (nSPS) is 43.1. The highest BCUT2D eigenvalue weighted by molar-refractivity contribution is 6.01. The molecule has 0 amide bonds. The minimum atomic E-state index is -2.05.